The summed E-state index contributed by atoms with van der Waals surface area (Å²) >= 11 is 0. The molecule has 0 spiro atoms. The second kappa shape index (κ2) is 4.72. The van der Waals surface area contributed by atoms with Crippen molar-refractivity contribution < 1.29 is 10.0 Å². The molecule has 1 aliphatic rings. The maximum absolute atomic E-state index is 11.1. The van der Waals surface area contributed by atoms with Crippen molar-refractivity contribution >= 4 is 22.3 Å². The average Bonchev–Trinajstić information content (AvgIpc) is 2.42. The number of nitrogens with one attached hydrogen (secondary N) is 1. The Morgan fingerprint density at radius 1 is 1.40 bits per heavy atom. The van der Waals surface area contributed by atoms with Crippen LogP contribution in [0.5, 0.6) is 0 Å². The summed E-state index contributed by atoms with van der Waals surface area (Å²) in [4.78, 5) is 14.8. The zero-order chi connectivity index (χ0) is 14.2. The molecule has 20 heavy (non-hydrogen) atoms. The van der Waals surface area contributed by atoms with Crippen LogP contribution in [-0.4, -0.2) is 27.2 Å². The molecule has 104 valence electrons. The van der Waals surface area contributed by atoms with Gasteiger partial charge in [-0.05, 0) is 25.3 Å². The van der Waals surface area contributed by atoms with E-state index in [0.29, 0.717) is 23.1 Å². The van der Waals surface area contributed by atoms with Crippen molar-refractivity contribution in [2.24, 2.45) is 0 Å². The van der Waals surface area contributed by atoms with Crippen LogP contribution in [0.2, 0.25) is 0 Å². The van der Waals surface area contributed by atoms with Crippen LogP contribution in [0.15, 0.2) is 30.5 Å². The van der Waals surface area contributed by atoms with Gasteiger partial charge in [-0.1, -0.05) is 18.2 Å². The molecule has 2 aromatic rings. The molecule has 0 unspecified atom stereocenters. The Hall–Kier alpha value is -2.21. The minimum atomic E-state index is -0.738. The fraction of sp³-hybridized carbons (Fsp3) is 0.357. The van der Waals surface area contributed by atoms with Crippen LogP contribution in [-0.2, 0) is 0 Å². The summed E-state index contributed by atoms with van der Waals surface area (Å²) in [6, 6.07) is 7.26. The van der Waals surface area contributed by atoms with Crippen molar-refractivity contribution in [2.45, 2.75) is 24.9 Å². The highest BCUT2D eigenvalue weighted by Crippen LogP contribution is 2.35. The van der Waals surface area contributed by atoms with E-state index in [4.69, 9.17) is 0 Å². The van der Waals surface area contributed by atoms with Crippen molar-refractivity contribution in [1.82, 2.24) is 4.98 Å². The van der Waals surface area contributed by atoms with E-state index in [2.05, 4.69) is 10.3 Å². The number of anilines is 1. The molecule has 1 heterocycles. The van der Waals surface area contributed by atoms with Gasteiger partial charge in [0.1, 0.15) is 11.9 Å². The van der Waals surface area contributed by atoms with Gasteiger partial charge in [-0.3, -0.25) is 10.1 Å². The lowest BCUT2D eigenvalue weighted by molar-refractivity contribution is -0.384. The predicted octanol–water partition coefficient (Wildman–Crippen LogP) is 2.47. The van der Waals surface area contributed by atoms with E-state index in [1.54, 1.807) is 6.07 Å². The second-order valence-electron chi connectivity index (χ2n) is 5.22. The minimum Gasteiger partial charge on any atom is -0.388 e. The number of benzene rings is 1. The van der Waals surface area contributed by atoms with Gasteiger partial charge >= 0.3 is 5.69 Å². The van der Waals surface area contributed by atoms with E-state index in [1.165, 1.54) is 6.20 Å². The molecule has 0 saturated heterocycles. The number of hydrogen-bond donors (Lipinski definition) is 2. The standard InChI is InChI=1S/C14H15N3O3/c18-14(6-3-7-14)9-16-13-10-4-1-2-5-11(10)15-8-12(13)17(19)20/h1-2,4-5,8,18H,3,6-7,9H2,(H,15,16). The fourth-order valence-electron chi connectivity index (χ4n) is 2.47. The number of aliphatic hydroxyl groups is 1. The first-order valence-electron chi connectivity index (χ1n) is 6.57. The summed E-state index contributed by atoms with van der Waals surface area (Å²) in [5, 5.41) is 25.0. The van der Waals surface area contributed by atoms with Crippen molar-refractivity contribution in [3.63, 3.8) is 0 Å². The molecular formula is C14H15N3O3. The van der Waals surface area contributed by atoms with Gasteiger partial charge in [0, 0.05) is 11.9 Å². The summed E-state index contributed by atoms with van der Waals surface area (Å²) in [5.74, 6) is 0. The Kier molecular flexibility index (Phi) is 3.02. The number of nitrogens with zero attached hydrogens (tertiary/aromatic N) is 2. The number of nitro groups is 1. The molecule has 1 aromatic heterocycles. The van der Waals surface area contributed by atoms with Gasteiger partial charge in [-0.25, -0.2) is 4.98 Å². The van der Waals surface area contributed by atoms with Gasteiger partial charge in [0.05, 0.1) is 16.0 Å². The van der Waals surface area contributed by atoms with Gasteiger partial charge in [0.15, 0.2) is 0 Å². The number of para-hydroxylation sites is 1. The van der Waals surface area contributed by atoms with E-state index in [0.717, 1.165) is 19.3 Å². The molecule has 6 nitrogen and oxygen atoms in total. The van der Waals surface area contributed by atoms with E-state index in [1.807, 2.05) is 18.2 Å². The van der Waals surface area contributed by atoms with E-state index in [-0.39, 0.29) is 5.69 Å². The third-order valence-corrected chi connectivity index (χ3v) is 3.83. The SMILES string of the molecule is O=[N+]([O-])c1cnc2ccccc2c1NCC1(O)CCC1. The second-order valence-corrected chi connectivity index (χ2v) is 5.22. The summed E-state index contributed by atoms with van der Waals surface area (Å²) in [6.07, 6.45) is 3.72. The van der Waals surface area contributed by atoms with Crippen LogP contribution in [0.1, 0.15) is 19.3 Å². The van der Waals surface area contributed by atoms with Gasteiger partial charge in [-0.15, -0.1) is 0 Å². The highest BCUT2D eigenvalue weighted by atomic mass is 16.6. The number of hydrogen-bond acceptors (Lipinski definition) is 5. The number of pyridine rings is 1. The zero-order valence-electron chi connectivity index (χ0n) is 10.9. The third-order valence-electron chi connectivity index (χ3n) is 3.83. The molecule has 1 aliphatic carbocycles. The van der Waals surface area contributed by atoms with Crippen molar-refractivity contribution in [3.8, 4) is 0 Å². The predicted molar refractivity (Wildman–Crippen MR) is 75.7 cm³/mol. The van der Waals surface area contributed by atoms with E-state index < -0.39 is 10.5 Å². The zero-order valence-corrected chi connectivity index (χ0v) is 10.9. The molecule has 0 radical (unpaired) electrons. The number of aromatic nitrogens is 1. The van der Waals surface area contributed by atoms with Crippen LogP contribution in [0, 0.1) is 10.1 Å². The number of fused-ring (bicyclic) bond motifs is 1. The maximum atomic E-state index is 11.1. The Bertz CT molecular complexity index is 668. The van der Waals surface area contributed by atoms with Gasteiger partial charge in [-0.2, -0.15) is 0 Å². The first-order valence-corrected chi connectivity index (χ1v) is 6.57. The van der Waals surface area contributed by atoms with Crippen LogP contribution in [0.3, 0.4) is 0 Å². The summed E-state index contributed by atoms with van der Waals surface area (Å²) in [6.45, 7) is 0.321. The fourth-order valence-corrected chi connectivity index (χ4v) is 2.47. The molecule has 2 N–H and O–H groups in total. The Morgan fingerprint density at radius 2 is 2.15 bits per heavy atom. The molecule has 0 atom stereocenters. The molecule has 1 aromatic carbocycles. The van der Waals surface area contributed by atoms with E-state index >= 15 is 0 Å². The van der Waals surface area contributed by atoms with Crippen LogP contribution in [0.25, 0.3) is 10.9 Å². The molecular weight excluding hydrogens is 258 g/mol. The largest absolute Gasteiger partial charge is 0.388 e. The molecule has 0 aliphatic heterocycles. The Labute approximate surface area is 115 Å². The first-order chi connectivity index (χ1) is 9.59. The van der Waals surface area contributed by atoms with Crippen molar-refractivity contribution in [1.29, 1.82) is 0 Å². The van der Waals surface area contributed by atoms with Crippen LogP contribution in [0.4, 0.5) is 11.4 Å². The molecule has 0 amide bonds. The summed E-state index contributed by atoms with van der Waals surface area (Å²) in [7, 11) is 0. The first kappa shape index (κ1) is 12.8. The topological polar surface area (TPSA) is 88.3 Å². The smallest absolute Gasteiger partial charge is 0.311 e. The van der Waals surface area contributed by atoms with Crippen LogP contribution >= 0.6 is 0 Å². The highest BCUT2D eigenvalue weighted by Gasteiger charge is 2.34. The highest BCUT2D eigenvalue weighted by molar-refractivity contribution is 5.95. The van der Waals surface area contributed by atoms with Crippen molar-refractivity contribution in [3.05, 3.63) is 40.6 Å². The molecule has 1 fully saturated rings. The lowest BCUT2D eigenvalue weighted by Crippen LogP contribution is -2.43. The molecule has 1 saturated carbocycles. The number of rotatable bonds is 4. The normalized spacial score (nSPS) is 16.6. The minimum absolute atomic E-state index is 0.0633. The Balaban J connectivity index is 2.00. The van der Waals surface area contributed by atoms with Gasteiger partial charge in [0.25, 0.3) is 0 Å². The van der Waals surface area contributed by atoms with Crippen molar-refractivity contribution in [2.75, 3.05) is 11.9 Å². The lowest BCUT2D eigenvalue weighted by Gasteiger charge is -2.36. The Morgan fingerprint density at radius 3 is 2.80 bits per heavy atom. The summed E-state index contributed by atoms with van der Waals surface area (Å²) in [5.41, 5.74) is 0.326. The molecule has 3 rings (SSSR count). The third kappa shape index (κ3) is 2.18. The molecule has 6 heteroatoms. The van der Waals surface area contributed by atoms with Crippen LogP contribution < -0.4 is 5.32 Å². The molecule has 0 bridgehead atoms. The average molecular weight is 273 g/mol. The maximum Gasteiger partial charge on any atom is 0.311 e. The lowest BCUT2D eigenvalue weighted by atomic mass is 9.80. The quantitative estimate of drug-likeness (QED) is 0.660. The van der Waals surface area contributed by atoms with Gasteiger partial charge < -0.3 is 10.4 Å². The summed E-state index contributed by atoms with van der Waals surface area (Å²) < 4.78 is 0. The van der Waals surface area contributed by atoms with E-state index in [9.17, 15) is 15.2 Å². The van der Waals surface area contributed by atoms with Gasteiger partial charge in [0.2, 0.25) is 0 Å². The monoisotopic (exact) mass is 273 g/mol.